The van der Waals surface area contributed by atoms with E-state index in [1.165, 1.54) is 0 Å². The molecule has 3 aromatic rings. The molecule has 1 aromatic carbocycles. The van der Waals surface area contributed by atoms with E-state index in [0.29, 0.717) is 34.5 Å². The van der Waals surface area contributed by atoms with Crippen LogP contribution < -0.4 is 0 Å². The summed E-state index contributed by atoms with van der Waals surface area (Å²) in [5.74, 6) is 0.641. The van der Waals surface area contributed by atoms with E-state index in [0.717, 1.165) is 18.5 Å². The van der Waals surface area contributed by atoms with Crippen LogP contribution in [0.4, 0.5) is 0 Å². The maximum atomic E-state index is 13.2. The van der Waals surface area contributed by atoms with Gasteiger partial charge in [-0.05, 0) is 56.9 Å². The van der Waals surface area contributed by atoms with Gasteiger partial charge in [-0.25, -0.2) is 9.97 Å². The Bertz CT molecular complexity index is 942. The van der Waals surface area contributed by atoms with E-state index >= 15 is 0 Å². The van der Waals surface area contributed by atoms with Gasteiger partial charge in [0.05, 0.1) is 15.6 Å². The molecule has 0 saturated carbocycles. The first-order valence-electron chi connectivity index (χ1n) is 9.26. The Hall–Kier alpha value is -2.41. The first-order valence-corrected chi connectivity index (χ1v) is 10.0. The van der Waals surface area contributed by atoms with Gasteiger partial charge in [0, 0.05) is 31.7 Å². The van der Waals surface area contributed by atoms with Gasteiger partial charge in [0.1, 0.15) is 12.1 Å². The summed E-state index contributed by atoms with van der Waals surface area (Å²) < 4.78 is 1.79. The lowest BCUT2D eigenvalue weighted by Crippen LogP contribution is -2.33. The van der Waals surface area contributed by atoms with Gasteiger partial charge in [0.2, 0.25) is 0 Å². The molecule has 0 aliphatic heterocycles. The molecule has 0 unspecified atom stereocenters. The van der Waals surface area contributed by atoms with Crippen LogP contribution in [-0.2, 0) is 6.54 Å². The van der Waals surface area contributed by atoms with Crippen molar-refractivity contribution in [1.82, 2.24) is 24.3 Å². The van der Waals surface area contributed by atoms with Crippen LogP contribution in [0.3, 0.4) is 0 Å². The molecule has 2 aromatic heterocycles. The van der Waals surface area contributed by atoms with Crippen molar-refractivity contribution >= 4 is 29.1 Å². The minimum Gasteiger partial charge on any atom is -0.334 e. The van der Waals surface area contributed by atoms with Crippen molar-refractivity contribution in [2.24, 2.45) is 0 Å². The Kier molecular flexibility index (Phi) is 7.25. The summed E-state index contributed by atoms with van der Waals surface area (Å²) in [6, 6.07) is 9.05. The Morgan fingerprint density at radius 2 is 1.93 bits per heavy atom. The van der Waals surface area contributed by atoms with E-state index in [9.17, 15) is 4.79 Å². The SMILES string of the molecule is CN(C)CCCN(Cc1ccc(Cl)c(Cl)c1)C(=O)c1ccc(-n2ccnc2)nc1. The van der Waals surface area contributed by atoms with Crippen LogP contribution in [0.5, 0.6) is 0 Å². The summed E-state index contributed by atoms with van der Waals surface area (Å²) in [5.41, 5.74) is 1.47. The predicted molar refractivity (Wildman–Crippen MR) is 116 cm³/mol. The predicted octanol–water partition coefficient (Wildman–Crippen LogP) is 4.17. The number of aromatic nitrogens is 3. The second-order valence-electron chi connectivity index (χ2n) is 7.01. The van der Waals surface area contributed by atoms with Crippen molar-refractivity contribution in [3.63, 3.8) is 0 Å². The normalized spacial score (nSPS) is 11.1. The summed E-state index contributed by atoms with van der Waals surface area (Å²) in [6.45, 7) is 1.97. The molecule has 2 heterocycles. The molecule has 0 N–H and O–H groups in total. The third kappa shape index (κ3) is 5.79. The van der Waals surface area contributed by atoms with E-state index in [1.807, 2.05) is 37.3 Å². The topological polar surface area (TPSA) is 54.3 Å². The highest BCUT2D eigenvalue weighted by atomic mass is 35.5. The fourth-order valence-electron chi connectivity index (χ4n) is 2.93. The fraction of sp³-hybridized carbons (Fsp3) is 0.286. The smallest absolute Gasteiger partial charge is 0.255 e. The molecule has 6 nitrogen and oxygen atoms in total. The Morgan fingerprint density at radius 1 is 1.10 bits per heavy atom. The van der Waals surface area contributed by atoms with Gasteiger partial charge in [-0.3, -0.25) is 9.36 Å². The van der Waals surface area contributed by atoms with Crippen LogP contribution in [0.15, 0.2) is 55.2 Å². The molecule has 0 spiro atoms. The summed E-state index contributed by atoms with van der Waals surface area (Å²) in [7, 11) is 4.04. The van der Waals surface area contributed by atoms with E-state index in [4.69, 9.17) is 23.2 Å². The molecule has 0 radical (unpaired) electrons. The number of hydrogen-bond donors (Lipinski definition) is 0. The lowest BCUT2D eigenvalue weighted by molar-refractivity contribution is 0.0737. The highest BCUT2D eigenvalue weighted by Crippen LogP contribution is 2.23. The Balaban J connectivity index is 1.77. The molecule has 29 heavy (non-hydrogen) atoms. The molecule has 1 amide bonds. The number of carbonyl (C=O) groups excluding carboxylic acids is 1. The minimum atomic E-state index is -0.0699. The number of carbonyl (C=O) groups is 1. The van der Waals surface area contributed by atoms with E-state index in [1.54, 1.807) is 41.5 Å². The van der Waals surface area contributed by atoms with Crippen LogP contribution in [0, 0.1) is 0 Å². The van der Waals surface area contributed by atoms with E-state index in [-0.39, 0.29) is 5.91 Å². The summed E-state index contributed by atoms with van der Waals surface area (Å²) in [6.07, 6.45) is 7.62. The number of rotatable bonds is 8. The highest BCUT2D eigenvalue weighted by molar-refractivity contribution is 6.42. The second-order valence-corrected chi connectivity index (χ2v) is 7.82. The monoisotopic (exact) mass is 431 g/mol. The van der Waals surface area contributed by atoms with Gasteiger partial charge >= 0.3 is 0 Å². The van der Waals surface area contributed by atoms with Crippen molar-refractivity contribution in [3.8, 4) is 5.82 Å². The Labute approximate surface area is 180 Å². The third-order valence-corrected chi connectivity index (χ3v) is 5.18. The van der Waals surface area contributed by atoms with Gasteiger partial charge in [0.15, 0.2) is 0 Å². The molecule has 152 valence electrons. The van der Waals surface area contributed by atoms with Gasteiger partial charge in [-0.15, -0.1) is 0 Å². The molecule has 3 rings (SSSR count). The van der Waals surface area contributed by atoms with Gasteiger partial charge in [-0.1, -0.05) is 29.3 Å². The number of pyridine rings is 1. The van der Waals surface area contributed by atoms with Gasteiger partial charge in [-0.2, -0.15) is 0 Å². The summed E-state index contributed by atoms with van der Waals surface area (Å²) >= 11 is 12.2. The lowest BCUT2D eigenvalue weighted by atomic mass is 10.1. The van der Waals surface area contributed by atoms with Crippen molar-refractivity contribution < 1.29 is 4.79 Å². The van der Waals surface area contributed by atoms with Crippen molar-refractivity contribution in [1.29, 1.82) is 0 Å². The average Bonchev–Trinajstić information content (AvgIpc) is 3.24. The van der Waals surface area contributed by atoms with E-state index in [2.05, 4.69) is 14.9 Å². The molecular weight excluding hydrogens is 409 g/mol. The number of halogens is 2. The maximum Gasteiger partial charge on any atom is 0.255 e. The second kappa shape index (κ2) is 9.87. The largest absolute Gasteiger partial charge is 0.334 e. The van der Waals surface area contributed by atoms with Crippen LogP contribution in [-0.4, -0.2) is 57.4 Å². The van der Waals surface area contributed by atoms with Crippen molar-refractivity contribution in [3.05, 3.63) is 76.4 Å². The molecule has 8 heteroatoms. The average molecular weight is 432 g/mol. The highest BCUT2D eigenvalue weighted by Gasteiger charge is 2.17. The molecule has 0 atom stereocenters. The molecule has 0 aliphatic carbocycles. The first-order chi connectivity index (χ1) is 13.9. The summed E-state index contributed by atoms with van der Waals surface area (Å²) in [5, 5.41) is 0.983. The molecule has 0 bridgehead atoms. The zero-order valence-corrected chi connectivity index (χ0v) is 17.9. The van der Waals surface area contributed by atoms with Gasteiger partial charge < -0.3 is 9.80 Å². The number of nitrogens with zero attached hydrogens (tertiary/aromatic N) is 5. The number of hydrogen-bond acceptors (Lipinski definition) is 4. The molecule has 0 saturated heterocycles. The first kappa shape index (κ1) is 21.3. The van der Waals surface area contributed by atoms with Crippen LogP contribution in [0.25, 0.3) is 5.82 Å². The molecular formula is C21H23Cl2N5O. The van der Waals surface area contributed by atoms with Gasteiger partial charge in [0.25, 0.3) is 5.91 Å². The minimum absolute atomic E-state index is 0.0699. The lowest BCUT2D eigenvalue weighted by Gasteiger charge is -2.24. The third-order valence-electron chi connectivity index (χ3n) is 4.44. The van der Waals surface area contributed by atoms with Crippen LogP contribution in [0.1, 0.15) is 22.3 Å². The zero-order chi connectivity index (χ0) is 20.8. The molecule has 0 aliphatic rings. The number of benzene rings is 1. The fourth-order valence-corrected chi connectivity index (χ4v) is 3.25. The zero-order valence-electron chi connectivity index (χ0n) is 16.4. The number of amides is 1. The quantitative estimate of drug-likeness (QED) is 0.536. The van der Waals surface area contributed by atoms with Crippen molar-refractivity contribution in [2.75, 3.05) is 27.2 Å². The maximum absolute atomic E-state index is 13.2. The van der Waals surface area contributed by atoms with Crippen LogP contribution in [0.2, 0.25) is 10.0 Å². The van der Waals surface area contributed by atoms with E-state index < -0.39 is 0 Å². The van der Waals surface area contributed by atoms with Crippen molar-refractivity contribution in [2.45, 2.75) is 13.0 Å². The molecule has 0 fully saturated rings. The standard InChI is InChI=1S/C21H23Cl2N5O/c1-26(2)9-3-10-27(14-16-4-6-18(22)19(23)12-16)21(29)17-5-7-20(25-13-17)28-11-8-24-15-28/h4-8,11-13,15H,3,9-10,14H2,1-2H3. The van der Waals surface area contributed by atoms with Crippen LogP contribution >= 0.6 is 23.2 Å². The summed E-state index contributed by atoms with van der Waals surface area (Å²) in [4.78, 5) is 25.5. The Morgan fingerprint density at radius 3 is 2.55 bits per heavy atom. The number of imidazole rings is 1.